The summed E-state index contributed by atoms with van der Waals surface area (Å²) in [5.41, 5.74) is 7.24. The molecule has 2 aliphatic rings. The standard InChI is InChI=1S/C35H44N6O5.K/c1-5-6-11-30-29(20-23-12-14-24(15-13-23)27-9-7-8-10-28(27)31-38-34(43)46-39-31)32(42)40(33-36-21-37-41(30)33)25-16-18-26(19-17-25)45-22(2)35(3,4)44;/h7-10,12-15,21-22,25-26,34,43-44H,5-6,11,16-20H2,1-4H3,(H,38,39);/q;+1. The molecule has 2 aromatic carbocycles. The van der Waals surface area contributed by atoms with Gasteiger partial charge < -0.3 is 14.9 Å². The first kappa shape index (κ1) is 36.0. The number of unbranched alkanes of at least 4 members (excludes halogenated alkanes) is 1. The number of nitrogens with one attached hydrogen (secondary N) is 1. The van der Waals surface area contributed by atoms with Crippen LogP contribution in [0, 0.1) is 0 Å². The van der Waals surface area contributed by atoms with E-state index in [-0.39, 0.29) is 75.2 Å². The van der Waals surface area contributed by atoms with Crippen LogP contribution in [0.1, 0.15) is 94.6 Å². The first-order valence-electron chi connectivity index (χ1n) is 16.3. The zero-order valence-corrected chi connectivity index (χ0v) is 31.1. The number of hydroxylamine groups is 1. The van der Waals surface area contributed by atoms with Crippen LogP contribution in [0.3, 0.4) is 0 Å². The molecule has 1 saturated carbocycles. The van der Waals surface area contributed by atoms with Crippen LogP contribution in [0.25, 0.3) is 16.9 Å². The van der Waals surface area contributed by atoms with E-state index in [9.17, 15) is 15.0 Å². The predicted octanol–water partition coefficient (Wildman–Crippen LogP) is 1.71. The van der Waals surface area contributed by atoms with Gasteiger partial charge in [0.1, 0.15) is 6.33 Å². The molecule has 4 aromatic rings. The number of nitrogens with zero attached hydrogens (tertiary/aromatic N) is 5. The van der Waals surface area contributed by atoms with Crippen molar-refractivity contribution in [3.8, 4) is 11.1 Å². The maximum atomic E-state index is 14.4. The Bertz CT molecular complexity index is 1760. The van der Waals surface area contributed by atoms with Crippen molar-refractivity contribution in [1.29, 1.82) is 0 Å². The number of ether oxygens (including phenoxy) is 1. The van der Waals surface area contributed by atoms with Crippen LogP contribution < -0.4 is 62.4 Å². The topological polar surface area (TPSA) is 136 Å². The van der Waals surface area contributed by atoms with E-state index >= 15 is 0 Å². The predicted molar refractivity (Wildman–Crippen MR) is 175 cm³/mol. The van der Waals surface area contributed by atoms with Gasteiger partial charge in [0.05, 0.1) is 23.5 Å². The molecule has 244 valence electrons. The second-order valence-electron chi connectivity index (χ2n) is 13.0. The molecule has 2 atom stereocenters. The molecule has 1 aliphatic carbocycles. The molecular weight excluding hydrogens is 624 g/mol. The Balaban J connectivity index is 0.00000433. The number of aryl methyl sites for hydroxylation is 1. The number of aliphatic imine (C=N–C) groups is 1. The van der Waals surface area contributed by atoms with Crippen molar-refractivity contribution in [3.05, 3.63) is 87.6 Å². The molecule has 0 saturated heterocycles. The van der Waals surface area contributed by atoms with Crippen molar-refractivity contribution in [2.45, 2.75) is 109 Å². The number of fused-ring (bicyclic) bond motifs is 1. The number of aliphatic hydroxyl groups is 2. The van der Waals surface area contributed by atoms with E-state index < -0.39 is 12.0 Å². The van der Waals surface area contributed by atoms with E-state index in [0.717, 1.165) is 78.5 Å². The summed E-state index contributed by atoms with van der Waals surface area (Å²) < 4.78 is 9.94. The van der Waals surface area contributed by atoms with Crippen LogP contribution in [-0.2, 0) is 22.4 Å². The number of benzene rings is 2. The summed E-state index contributed by atoms with van der Waals surface area (Å²) in [5, 5.41) is 24.7. The van der Waals surface area contributed by atoms with Gasteiger partial charge >= 0.3 is 51.4 Å². The van der Waals surface area contributed by atoms with Crippen molar-refractivity contribution >= 4 is 11.6 Å². The summed E-state index contributed by atoms with van der Waals surface area (Å²) in [6.45, 7) is 7.59. The summed E-state index contributed by atoms with van der Waals surface area (Å²) in [5.74, 6) is 1.07. The van der Waals surface area contributed by atoms with E-state index in [4.69, 9.17) is 9.57 Å². The number of aromatic nitrogens is 4. The van der Waals surface area contributed by atoms with Gasteiger partial charge in [-0.3, -0.25) is 9.36 Å². The van der Waals surface area contributed by atoms with Gasteiger partial charge in [0, 0.05) is 23.6 Å². The summed E-state index contributed by atoms with van der Waals surface area (Å²) in [6.07, 6.45) is 6.43. The fraction of sp³-hybridized carbons (Fsp3) is 0.486. The minimum atomic E-state index is -1.23. The molecule has 0 spiro atoms. The van der Waals surface area contributed by atoms with Gasteiger partial charge in [-0.1, -0.05) is 61.9 Å². The number of aliphatic hydroxyl groups excluding tert-OH is 1. The van der Waals surface area contributed by atoms with Gasteiger partial charge in [-0.25, -0.2) is 19.8 Å². The third-order valence-electron chi connectivity index (χ3n) is 9.32. The molecule has 2 unspecified atom stereocenters. The van der Waals surface area contributed by atoms with Crippen molar-refractivity contribution in [3.63, 3.8) is 0 Å². The van der Waals surface area contributed by atoms with Crippen molar-refractivity contribution in [2.75, 3.05) is 0 Å². The zero-order chi connectivity index (χ0) is 32.4. The molecule has 0 bridgehead atoms. The monoisotopic (exact) mass is 667 g/mol. The average molecular weight is 668 g/mol. The minimum absolute atomic E-state index is 0. The molecule has 0 amide bonds. The molecular formula is C35H44KN6O5+. The van der Waals surface area contributed by atoms with Crippen LogP contribution in [0.5, 0.6) is 0 Å². The van der Waals surface area contributed by atoms with Gasteiger partial charge in [0.2, 0.25) is 5.78 Å². The smallest absolute Gasteiger partial charge is 0.388 e. The number of amidine groups is 1. The van der Waals surface area contributed by atoms with Gasteiger partial charge in [0.15, 0.2) is 5.84 Å². The zero-order valence-electron chi connectivity index (χ0n) is 28.0. The number of hydrogen-bond acceptors (Lipinski definition) is 9. The van der Waals surface area contributed by atoms with E-state index in [1.165, 1.54) is 0 Å². The fourth-order valence-corrected chi connectivity index (χ4v) is 6.42. The van der Waals surface area contributed by atoms with Crippen molar-refractivity contribution in [2.24, 2.45) is 4.99 Å². The van der Waals surface area contributed by atoms with Gasteiger partial charge in [-0.05, 0) is 76.0 Å². The maximum absolute atomic E-state index is 14.4. The molecule has 3 N–H and O–H groups in total. The molecule has 3 heterocycles. The van der Waals surface area contributed by atoms with E-state index in [2.05, 4.69) is 51.7 Å². The molecule has 11 nitrogen and oxygen atoms in total. The van der Waals surface area contributed by atoms with Gasteiger partial charge in [-0.2, -0.15) is 10.1 Å². The van der Waals surface area contributed by atoms with E-state index in [1.54, 1.807) is 20.2 Å². The second-order valence-corrected chi connectivity index (χ2v) is 13.0. The fourth-order valence-electron chi connectivity index (χ4n) is 6.42. The van der Waals surface area contributed by atoms with Crippen molar-refractivity contribution < 1.29 is 71.2 Å². The third-order valence-corrected chi connectivity index (χ3v) is 9.32. The van der Waals surface area contributed by atoms with Crippen LogP contribution >= 0.6 is 0 Å². The van der Waals surface area contributed by atoms with Gasteiger partial charge in [-0.15, -0.1) is 0 Å². The summed E-state index contributed by atoms with van der Waals surface area (Å²) in [7, 11) is 0. The average Bonchev–Trinajstić information content (AvgIpc) is 3.71. The maximum Gasteiger partial charge on any atom is 1.00 e. The Kier molecular flexibility index (Phi) is 11.9. The molecule has 1 aliphatic heterocycles. The Morgan fingerprint density at radius 1 is 1.09 bits per heavy atom. The summed E-state index contributed by atoms with van der Waals surface area (Å²) >= 11 is 0. The van der Waals surface area contributed by atoms with E-state index in [1.807, 2.05) is 40.3 Å². The number of rotatable bonds is 11. The van der Waals surface area contributed by atoms with Gasteiger partial charge in [0.25, 0.3) is 12.0 Å². The first-order chi connectivity index (χ1) is 22.1. The third kappa shape index (κ3) is 7.98. The number of hydrogen-bond donors (Lipinski definition) is 3. The molecule has 6 rings (SSSR count). The van der Waals surface area contributed by atoms with E-state index in [0.29, 0.717) is 18.0 Å². The SMILES string of the molecule is CCCCc1c(Cc2ccc(-c3ccccc3C3=NC(O)ON3)cc2)c(=O)n(C2CCC(OC(C)C(C)(C)O)CC2)c2ncnn12.[K+]. The molecule has 47 heavy (non-hydrogen) atoms. The summed E-state index contributed by atoms with van der Waals surface area (Å²) in [4.78, 5) is 28.1. The Labute approximate surface area is 317 Å². The summed E-state index contributed by atoms with van der Waals surface area (Å²) in [6, 6.07) is 16.0. The van der Waals surface area contributed by atoms with Crippen LogP contribution in [0.15, 0.2) is 64.6 Å². The largest absolute Gasteiger partial charge is 1.00 e. The normalized spacial score (nSPS) is 20.5. The molecule has 0 radical (unpaired) electrons. The quantitative estimate of drug-likeness (QED) is 0.206. The van der Waals surface area contributed by atoms with Crippen LogP contribution in [-0.4, -0.2) is 59.4 Å². The van der Waals surface area contributed by atoms with Crippen LogP contribution in [0.2, 0.25) is 0 Å². The molecule has 2 aromatic heterocycles. The molecule has 12 heteroatoms. The Morgan fingerprint density at radius 3 is 2.43 bits per heavy atom. The van der Waals surface area contributed by atoms with Crippen LogP contribution in [0.4, 0.5) is 0 Å². The first-order valence-corrected chi connectivity index (χ1v) is 16.3. The Hall–Kier alpha value is -2.26. The Morgan fingerprint density at radius 2 is 1.79 bits per heavy atom. The minimum Gasteiger partial charge on any atom is -0.388 e. The molecule has 1 fully saturated rings. The second kappa shape index (κ2) is 15.5. The van der Waals surface area contributed by atoms with Crippen molar-refractivity contribution in [1.82, 2.24) is 24.6 Å².